The van der Waals surface area contributed by atoms with Crippen molar-refractivity contribution in [1.29, 1.82) is 0 Å². The van der Waals surface area contributed by atoms with Crippen molar-refractivity contribution >= 4 is 5.97 Å². The summed E-state index contributed by atoms with van der Waals surface area (Å²) < 4.78 is 5.16. The highest BCUT2D eigenvalue weighted by Crippen LogP contribution is 2.18. The Morgan fingerprint density at radius 1 is 1.53 bits per heavy atom. The minimum absolute atomic E-state index is 0.193. The number of nitrogens with one attached hydrogen (secondary N) is 1. The minimum Gasteiger partial charge on any atom is -0.497 e. The van der Waals surface area contributed by atoms with E-state index >= 15 is 0 Å². The number of carboxylic acid groups (broad SMARTS) is 1. The van der Waals surface area contributed by atoms with Gasteiger partial charge in [0.05, 0.1) is 7.11 Å². The summed E-state index contributed by atoms with van der Waals surface area (Å²) in [6, 6.07) is 8.05. The fraction of sp³-hybridized carbons (Fsp3) is 0.462. The van der Waals surface area contributed by atoms with Crippen LogP contribution in [0.25, 0.3) is 0 Å². The Morgan fingerprint density at radius 3 is 2.94 bits per heavy atom. The normalized spacial score (nSPS) is 12.1. The van der Waals surface area contributed by atoms with Crippen LogP contribution in [0.15, 0.2) is 24.3 Å². The predicted molar refractivity (Wildman–Crippen MR) is 66.3 cm³/mol. The van der Waals surface area contributed by atoms with Crippen molar-refractivity contribution in [2.24, 2.45) is 0 Å². The molecule has 0 bridgehead atoms. The number of benzene rings is 1. The molecule has 0 spiro atoms. The van der Waals surface area contributed by atoms with Gasteiger partial charge in [-0.15, -0.1) is 0 Å². The van der Waals surface area contributed by atoms with Crippen molar-refractivity contribution in [2.75, 3.05) is 13.7 Å². The average molecular weight is 237 g/mol. The highest BCUT2D eigenvalue weighted by Gasteiger charge is 2.05. The third-order valence-electron chi connectivity index (χ3n) is 2.61. The maximum atomic E-state index is 10.4. The van der Waals surface area contributed by atoms with E-state index in [0.717, 1.165) is 11.3 Å². The number of rotatable bonds is 7. The van der Waals surface area contributed by atoms with Gasteiger partial charge in [0, 0.05) is 12.5 Å². The molecule has 1 aromatic rings. The first kappa shape index (κ1) is 13.5. The van der Waals surface area contributed by atoms with Gasteiger partial charge in [-0.05, 0) is 37.6 Å². The number of methoxy groups -OCH3 is 1. The quantitative estimate of drug-likeness (QED) is 0.714. The monoisotopic (exact) mass is 237 g/mol. The van der Waals surface area contributed by atoms with E-state index in [1.165, 1.54) is 0 Å². The maximum Gasteiger partial charge on any atom is 0.303 e. The highest BCUT2D eigenvalue weighted by atomic mass is 16.5. The van der Waals surface area contributed by atoms with Crippen LogP contribution in [0.3, 0.4) is 0 Å². The predicted octanol–water partition coefficient (Wildman–Crippen LogP) is 2.21. The third kappa shape index (κ3) is 4.87. The number of carbonyl (C=O) groups is 1. The second kappa shape index (κ2) is 6.91. The van der Waals surface area contributed by atoms with E-state index in [-0.39, 0.29) is 12.5 Å². The zero-order chi connectivity index (χ0) is 12.7. The van der Waals surface area contributed by atoms with Gasteiger partial charge in [-0.25, -0.2) is 0 Å². The number of carboxylic acids is 1. The Morgan fingerprint density at radius 2 is 2.29 bits per heavy atom. The molecule has 0 aliphatic rings. The molecule has 94 valence electrons. The van der Waals surface area contributed by atoms with Gasteiger partial charge in [0.25, 0.3) is 0 Å². The molecule has 0 aromatic heterocycles. The minimum atomic E-state index is -0.749. The summed E-state index contributed by atoms with van der Waals surface area (Å²) in [7, 11) is 1.64. The molecule has 0 fully saturated rings. The molecule has 17 heavy (non-hydrogen) atoms. The van der Waals surface area contributed by atoms with Crippen LogP contribution >= 0.6 is 0 Å². The van der Waals surface area contributed by atoms with Crippen LogP contribution in [0.2, 0.25) is 0 Å². The molecule has 1 rings (SSSR count). The Balaban J connectivity index is 2.40. The summed E-state index contributed by atoms with van der Waals surface area (Å²) in [5.41, 5.74) is 1.14. The number of ether oxygens (including phenoxy) is 1. The lowest BCUT2D eigenvalue weighted by Crippen LogP contribution is -2.20. The van der Waals surface area contributed by atoms with Gasteiger partial charge in [0.2, 0.25) is 0 Å². The smallest absolute Gasteiger partial charge is 0.303 e. The van der Waals surface area contributed by atoms with Crippen molar-refractivity contribution in [1.82, 2.24) is 5.32 Å². The van der Waals surface area contributed by atoms with Gasteiger partial charge in [-0.1, -0.05) is 12.1 Å². The summed E-state index contributed by atoms with van der Waals surface area (Å²) in [4.78, 5) is 10.4. The molecule has 4 nitrogen and oxygen atoms in total. The molecule has 4 heteroatoms. The van der Waals surface area contributed by atoms with Crippen molar-refractivity contribution in [3.8, 4) is 5.75 Å². The third-order valence-corrected chi connectivity index (χ3v) is 2.61. The molecule has 0 unspecified atom stereocenters. The first-order valence-electron chi connectivity index (χ1n) is 5.72. The first-order chi connectivity index (χ1) is 8.13. The first-order valence-corrected chi connectivity index (χ1v) is 5.72. The van der Waals surface area contributed by atoms with Gasteiger partial charge >= 0.3 is 5.97 Å². The largest absolute Gasteiger partial charge is 0.497 e. The highest BCUT2D eigenvalue weighted by molar-refractivity contribution is 5.66. The van der Waals surface area contributed by atoms with Crippen LogP contribution in [0.4, 0.5) is 0 Å². The van der Waals surface area contributed by atoms with Crippen LogP contribution in [-0.4, -0.2) is 24.7 Å². The van der Waals surface area contributed by atoms with Gasteiger partial charge in [0.15, 0.2) is 0 Å². The number of hydrogen-bond donors (Lipinski definition) is 2. The molecule has 0 aliphatic heterocycles. The van der Waals surface area contributed by atoms with Crippen molar-refractivity contribution < 1.29 is 14.6 Å². The maximum absolute atomic E-state index is 10.4. The summed E-state index contributed by atoms with van der Waals surface area (Å²) >= 11 is 0. The van der Waals surface area contributed by atoms with Crippen LogP contribution in [-0.2, 0) is 4.79 Å². The molecule has 0 amide bonds. The number of aliphatic carboxylic acids is 1. The molecule has 0 saturated carbocycles. The van der Waals surface area contributed by atoms with E-state index in [1.807, 2.05) is 24.3 Å². The van der Waals surface area contributed by atoms with E-state index in [2.05, 4.69) is 12.2 Å². The zero-order valence-corrected chi connectivity index (χ0v) is 10.3. The van der Waals surface area contributed by atoms with Crippen LogP contribution in [0, 0.1) is 0 Å². The van der Waals surface area contributed by atoms with Crippen LogP contribution in [0.1, 0.15) is 31.4 Å². The van der Waals surface area contributed by atoms with E-state index in [9.17, 15) is 4.79 Å². The second-order valence-corrected chi connectivity index (χ2v) is 3.95. The second-order valence-electron chi connectivity index (χ2n) is 3.95. The van der Waals surface area contributed by atoms with E-state index in [4.69, 9.17) is 9.84 Å². The molecular weight excluding hydrogens is 218 g/mol. The zero-order valence-electron chi connectivity index (χ0n) is 10.3. The molecule has 0 aliphatic carbocycles. The summed E-state index contributed by atoms with van der Waals surface area (Å²) in [5, 5.41) is 11.8. The van der Waals surface area contributed by atoms with Gasteiger partial charge in [-0.3, -0.25) is 4.79 Å². The van der Waals surface area contributed by atoms with Gasteiger partial charge < -0.3 is 15.2 Å². The molecule has 1 atom stereocenters. The lowest BCUT2D eigenvalue weighted by atomic mass is 10.1. The van der Waals surface area contributed by atoms with Crippen LogP contribution in [0.5, 0.6) is 5.75 Å². The van der Waals surface area contributed by atoms with E-state index in [0.29, 0.717) is 13.0 Å². The van der Waals surface area contributed by atoms with Gasteiger partial charge in [-0.2, -0.15) is 0 Å². The van der Waals surface area contributed by atoms with E-state index < -0.39 is 5.97 Å². The Hall–Kier alpha value is -1.55. The van der Waals surface area contributed by atoms with Crippen molar-refractivity contribution in [2.45, 2.75) is 25.8 Å². The summed E-state index contributed by atoms with van der Waals surface area (Å²) in [5.74, 6) is 0.0857. The van der Waals surface area contributed by atoms with E-state index in [1.54, 1.807) is 7.11 Å². The molecule has 0 heterocycles. The molecule has 0 saturated heterocycles. The molecular formula is C13H19NO3. The Kier molecular flexibility index (Phi) is 5.49. The Bertz CT molecular complexity index is 365. The summed E-state index contributed by atoms with van der Waals surface area (Å²) in [6.45, 7) is 2.75. The Labute approximate surface area is 102 Å². The summed E-state index contributed by atoms with van der Waals surface area (Å²) in [6.07, 6.45) is 0.849. The topological polar surface area (TPSA) is 58.6 Å². The molecule has 1 aromatic carbocycles. The average Bonchev–Trinajstić information content (AvgIpc) is 2.34. The lowest BCUT2D eigenvalue weighted by molar-refractivity contribution is -0.137. The molecule has 2 N–H and O–H groups in total. The van der Waals surface area contributed by atoms with Crippen LogP contribution < -0.4 is 10.1 Å². The standard InChI is InChI=1S/C13H19NO3/c1-10(14-8-4-7-13(15)16)11-5-3-6-12(9-11)17-2/h3,5-6,9-10,14H,4,7-8H2,1-2H3,(H,15,16)/t10-/m1/s1. The fourth-order valence-corrected chi connectivity index (χ4v) is 1.59. The van der Waals surface area contributed by atoms with Crippen molar-refractivity contribution in [3.05, 3.63) is 29.8 Å². The van der Waals surface area contributed by atoms with Crippen molar-refractivity contribution in [3.63, 3.8) is 0 Å². The fourth-order valence-electron chi connectivity index (χ4n) is 1.59. The lowest BCUT2D eigenvalue weighted by Gasteiger charge is -2.14. The SMILES string of the molecule is COc1cccc([C@@H](C)NCCCC(=O)O)c1. The van der Waals surface area contributed by atoms with Gasteiger partial charge in [0.1, 0.15) is 5.75 Å². The number of hydrogen-bond acceptors (Lipinski definition) is 3. The molecule has 0 radical (unpaired) electrons.